The van der Waals surface area contributed by atoms with Crippen LogP contribution in [0.25, 0.3) is 0 Å². The molecule has 4 nitrogen and oxygen atoms in total. The number of hydrogen-bond acceptors (Lipinski definition) is 5. The zero-order valence-corrected chi connectivity index (χ0v) is 13.8. The topological polar surface area (TPSA) is 44.2 Å². The van der Waals surface area contributed by atoms with Crippen LogP contribution in [-0.4, -0.2) is 34.0 Å². The largest absolute Gasteiger partial charge is 0.498 e. The Hall–Kier alpha value is -0.585. The molecule has 0 bridgehead atoms. The maximum absolute atomic E-state index is 5.98. The first-order chi connectivity index (χ1) is 9.36. The fraction of sp³-hybridized carbons (Fsp3) is 0.714. The van der Waals surface area contributed by atoms with Gasteiger partial charge in [-0.2, -0.15) is 0 Å². The zero-order valence-electron chi connectivity index (χ0n) is 13.0. The summed E-state index contributed by atoms with van der Waals surface area (Å²) in [6.45, 7) is 10.4. The van der Waals surface area contributed by atoms with E-state index in [1.807, 2.05) is 40.1 Å². The molecule has 0 radical (unpaired) electrons. The summed E-state index contributed by atoms with van der Waals surface area (Å²) in [6.07, 6.45) is 6.00. The van der Waals surface area contributed by atoms with Gasteiger partial charge in [-0.3, -0.25) is 0 Å². The van der Waals surface area contributed by atoms with Crippen LogP contribution in [0.5, 0.6) is 0 Å². The molecule has 0 aromatic carbocycles. The Morgan fingerprint density at radius 3 is 2.15 bits per heavy atom. The van der Waals surface area contributed by atoms with Crippen molar-refractivity contribution < 1.29 is 9.31 Å². The summed E-state index contributed by atoms with van der Waals surface area (Å²) >= 11 is 1.69. The van der Waals surface area contributed by atoms with E-state index in [4.69, 9.17) is 9.31 Å². The molecule has 0 aliphatic carbocycles. The molecule has 2 heterocycles. The molecule has 6 heteroatoms. The van der Waals surface area contributed by atoms with Crippen molar-refractivity contribution in [2.75, 3.05) is 5.75 Å². The van der Waals surface area contributed by atoms with Crippen LogP contribution in [0, 0.1) is 0 Å². The van der Waals surface area contributed by atoms with Crippen molar-refractivity contribution in [2.45, 2.75) is 63.8 Å². The van der Waals surface area contributed by atoms with Crippen LogP contribution in [0.4, 0.5) is 0 Å². The van der Waals surface area contributed by atoms with E-state index in [0.29, 0.717) is 0 Å². The number of thioether (sulfide) groups is 1. The molecule has 1 aliphatic heterocycles. The summed E-state index contributed by atoms with van der Waals surface area (Å²) in [5, 5.41) is 0.818. The van der Waals surface area contributed by atoms with E-state index in [1.165, 1.54) is 12.8 Å². The van der Waals surface area contributed by atoms with Gasteiger partial charge in [-0.25, -0.2) is 9.97 Å². The fourth-order valence-electron chi connectivity index (χ4n) is 1.81. The lowest BCUT2D eigenvalue weighted by Crippen LogP contribution is -2.41. The Bertz CT molecular complexity index is 435. The van der Waals surface area contributed by atoms with Crippen molar-refractivity contribution in [2.24, 2.45) is 0 Å². The molecule has 1 aliphatic rings. The van der Waals surface area contributed by atoms with Crippen LogP contribution in [-0.2, 0) is 9.31 Å². The van der Waals surface area contributed by atoms with E-state index in [9.17, 15) is 0 Å². The Balaban J connectivity index is 2.01. The van der Waals surface area contributed by atoms with Gasteiger partial charge in [0.05, 0.1) is 11.2 Å². The van der Waals surface area contributed by atoms with Gasteiger partial charge in [0.15, 0.2) is 5.16 Å². The van der Waals surface area contributed by atoms with E-state index in [2.05, 4.69) is 16.9 Å². The SMILES string of the molecule is CCCCSc1ncc(B2OC(C)(C)C(C)(C)O2)cn1. The highest BCUT2D eigenvalue weighted by molar-refractivity contribution is 7.99. The molecule has 2 rings (SSSR count). The number of hydrogen-bond donors (Lipinski definition) is 0. The quantitative estimate of drug-likeness (QED) is 0.361. The van der Waals surface area contributed by atoms with Crippen LogP contribution < -0.4 is 5.46 Å². The average molecular weight is 294 g/mol. The minimum atomic E-state index is -0.380. The Morgan fingerprint density at radius 1 is 1.10 bits per heavy atom. The highest BCUT2D eigenvalue weighted by Crippen LogP contribution is 2.36. The summed E-state index contributed by atoms with van der Waals surface area (Å²) in [5.41, 5.74) is 0.224. The Kier molecular flexibility index (Phi) is 4.77. The molecule has 1 fully saturated rings. The van der Waals surface area contributed by atoms with Crippen molar-refractivity contribution >= 4 is 24.3 Å². The average Bonchev–Trinajstić information content (AvgIpc) is 2.60. The van der Waals surface area contributed by atoms with Gasteiger partial charge in [0, 0.05) is 23.6 Å². The lowest BCUT2D eigenvalue weighted by molar-refractivity contribution is 0.00578. The number of aromatic nitrogens is 2. The molecule has 0 spiro atoms. The van der Waals surface area contributed by atoms with E-state index >= 15 is 0 Å². The third-order valence-corrected chi connectivity index (χ3v) is 4.86. The lowest BCUT2D eigenvalue weighted by atomic mass is 9.81. The van der Waals surface area contributed by atoms with E-state index in [-0.39, 0.29) is 18.3 Å². The predicted molar refractivity (Wildman–Crippen MR) is 83.4 cm³/mol. The van der Waals surface area contributed by atoms with Crippen molar-refractivity contribution in [3.63, 3.8) is 0 Å². The molecule has 0 saturated carbocycles. The first kappa shape index (κ1) is 15.8. The molecule has 1 aromatic rings. The first-order valence-electron chi connectivity index (χ1n) is 7.16. The second-order valence-electron chi connectivity index (χ2n) is 6.09. The normalized spacial score (nSPS) is 20.4. The monoisotopic (exact) mass is 294 g/mol. The summed E-state index contributed by atoms with van der Waals surface area (Å²) in [7, 11) is -0.380. The number of rotatable bonds is 5. The van der Waals surface area contributed by atoms with Gasteiger partial charge < -0.3 is 9.31 Å². The molecule has 0 amide bonds. The van der Waals surface area contributed by atoms with Crippen LogP contribution >= 0.6 is 11.8 Å². The second kappa shape index (κ2) is 6.04. The van der Waals surface area contributed by atoms with Gasteiger partial charge in [-0.1, -0.05) is 25.1 Å². The molecule has 0 unspecified atom stereocenters. The van der Waals surface area contributed by atoms with Crippen molar-refractivity contribution in [3.05, 3.63) is 12.4 Å². The van der Waals surface area contributed by atoms with Crippen molar-refractivity contribution in [3.8, 4) is 0 Å². The minimum absolute atomic E-state index is 0.327. The molecule has 0 atom stereocenters. The van der Waals surface area contributed by atoms with Crippen LogP contribution in [0.15, 0.2) is 17.6 Å². The van der Waals surface area contributed by atoms with Gasteiger partial charge >= 0.3 is 7.12 Å². The van der Waals surface area contributed by atoms with Gasteiger partial charge in [-0.15, -0.1) is 0 Å². The third kappa shape index (κ3) is 3.35. The number of unbranched alkanes of at least 4 members (excludes halogenated alkanes) is 1. The smallest absolute Gasteiger partial charge is 0.399 e. The Morgan fingerprint density at radius 2 is 1.65 bits per heavy atom. The molecule has 110 valence electrons. The van der Waals surface area contributed by atoms with Crippen LogP contribution in [0.1, 0.15) is 47.5 Å². The lowest BCUT2D eigenvalue weighted by Gasteiger charge is -2.32. The maximum atomic E-state index is 5.98. The standard InChI is InChI=1S/C14H23BN2O2S/c1-6-7-8-20-12-16-9-11(10-17-12)15-18-13(2,3)14(4,5)19-15/h9-10H,6-8H2,1-5H3. The predicted octanol–water partition coefficient (Wildman–Crippen LogP) is 2.67. The molecular formula is C14H23BN2O2S. The maximum Gasteiger partial charge on any atom is 0.498 e. The van der Waals surface area contributed by atoms with Crippen LogP contribution in [0.3, 0.4) is 0 Å². The van der Waals surface area contributed by atoms with Gasteiger partial charge in [0.1, 0.15) is 0 Å². The highest BCUT2D eigenvalue weighted by Gasteiger charge is 2.51. The Labute approximate surface area is 126 Å². The van der Waals surface area contributed by atoms with Gasteiger partial charge in [0.25, 0.3) is 0 Å². The number of nitrogens with zero attached hydrogens (tertiary/aromatic N) is 2. The van der Waals surface area contributed by atoms with Crippen LogP contribution in [0.2, 0.25) is 0 Å². The highest BCUT2D eigenvalue weighted by atomic mass is 32.2. The van der Waals surface area contributed by atoms with Crippen molar-refractivity contribution in [1.82, 2.24) is 9.97 Å². The summed E-state index contributed by atoms with van der Waals surface area (Å²) in [6, 6.07) is 0. The molecule has 20 heavy (non-hydrogen) atoms. The summed E-state index contributed by atoms with van der Waals surface area (Å²) in [5.74, 6) is 1.06. The van der Waals surface area contributed by atoms with Gasteiger partial charge in [0.2, 0.25) is 0 Å². The third-order valence-electron chi connectivity index (χ3n) is 3.90. The first-order valence-corrected chi connectivity index (χ1v) is 8.14. The molecule has 1 aromatic heterocycles. The minimum Gasteiger partial charge on any atom is -0.399 e. The molecular weight excluding hydrogens is 271 g/mol. The summed E-state index contributed by atoms with van der Waals surface area (Å²) < 4.78 is 12.0. The second-order valence-corrected chi connectivity index (χ2v) is 7.15. The van der Waals surface area contributed by atoms with Gasteiger partial charge in [-0.05, 0) is 34.1 Å². The van der Waals surface area contributed by atoms with E-state index in [0.717, 1.165) is 16.4 Å². The molecule has 1 saturated heterocycles. The van der Waals surface area contributed by atoms with E-state index < -0.39 is 0 Å². The molecule has 0 N–H and O–H groups in total. The fourth-order valence-corrected chi connectivity index (χ4v) is 2.68. The zero-order chi connectivity index (χ0) is 14.8. The summed E-state index contributed by atoms with van der Waals surface area (Å²) in [4.78, 5) is 8.76. The van der Waals surface area contributed by atoms with E-state index in [1.54, 1.807) is 11.8 Å². The van der Waals surface area contributed by atoms with Crippen molar-refractivity contribution in [1.29, 1.82) is 0 Å².